The Hall–Kier alpha value is -1.34. The summed E-state index contributed by atoms with van der Waals surface area (Å²) in [4.78, 5) is 16.9. The van der Waals surface area contributed by atoms with Gasteiger partial charge in [0.2, 0.25) is 0 Å². The number of nitrogens with zero attached hydrogens (tertiary/aromatic N) is 1. The number of ether oxygens (including phenoxy) is 1. The molecule has 0 bridgehead atoms. The van der Waals surface area contributed by atoms with Crippen LogP contribution in [-0.2, 0) is 4.74 Å². The molecule has 7 heteroatoms. The zero-order valence-electron chi connectivity index (χ0n) is 12.7. The van der Waals surface area contributed by atoms with Crippen molar-refractivity contribution in [3.8, 4) is 0 Å². The van der Waals surface area contributed by atoms with Gasteiger partial charge in [-0.1, -0.05) is 25.2 Å². The summed E-state index contributed by atoms with van der Waals surface area (Å²) in [5.41, 5.74) is 5.94. The van der Waals surface area contributed by atoms with Gasteiger partial charge in [0.25, 0.3) is 5.91 Å². The minimum atomic E-state index is -0.137. The molecule has 4 N–H and O–H groups in total. The van der Waals surface area contributed by atoms with Gasteiger partial charge in [0.05, 0.1) is 0 Å². The molecule has 0 aliphatic carbocycles. The molecule has 1 aromatic rings. The lowest BCUT2D eigenvalue weighted by molar-refractivity contribution is 0.0239. The molecule has 0 spiro atoms. The van der Waals surface area contributed by atoms with E-state index >= 15 is 0 Å². The maximum absolute atomic E-state index is 12.3. The number of amides is 1. The van der Waals surface area contributed by atoms with E-state index < -0.39 is 0 Å². The highest BCUT2D eigenvalue weighted by Gasteiger charge is 2.28. The standard InChI is InChI=1S/C14H24N4O2S/c1-3-6-16-13-18-11(15)10(21-13)12(19)17-9-14(2)4-7-20-8-5-14/h3-9,15H2,1-2H3,(H,16,18)(H,17,19). The van der Waals surface area contributed by atoms with Crippen molar-refractivity contribution in [2.75, 3.05) is 37.4 Å². The third-order valence-corrected chi connectivity index (χ3v) is 4.79. The van der Waals surface area contributed by atoms with Gasteiger partial charge in [-0.2, -0.15) is 0 Å². The zero-order chi connectivity index (χ0) is 15.3. The van der Waals surface area contributed by atoms with Crippen LogP contribution < -0.4 is 16.4 Å². The Labute approximate surface area is 129 Å². The van der Waals surface area contributed by atoms with E-state index in [1.807, 2.05) is 0 Å². The van der Waals surface area contributed by atoms with E-state index in [0.29, 0.717) is 22.4 Å². The number of rotatable bonds is 6. The number of nitrogens with one attached hydrogen (secondary N) is 2. The smallest absolute Gasteiger partial charge is 0.265 e. The van der Waals surface area contributed by atoms with Crippen LogP contribution in [0.2, 0.25) is 0 Å². The number of carbonyl (C=O) groups is 1. The Bertz CT molecular complexity index is 483. The Morgan fingerprint density at radius 2 is 2.19 bits per heavy atom. The van der Waals surface area contributed by atoms with E-state index in [9.17, 15) is 4.79 Å². The first-order chi connectivity index (χ1) is 10.0. The summed E-state index contributed by atoms with van der Waals surface area (Å²) in [7, 11) is 0. The molecule has 118 valence electrons. The minimum absolute atomic E-state index is 0.108. The van der Waals surface area contributed by atoms with Gasteiger partial charge >= 0.3 is 0 Å². The first-order valence-electron chi connectivity index (χ1n) is 7.40. The van der Waals surface area contributed by atoms with E-state index in [-0.39, 0.29) is 11.3 Å². The van der Waals surface area contributed by atoms with Crippen LogP contribution in [0.5, 0.6) is 0 Å². The number of anilines is 2. The molecule has 1 saturated heterocycles. The first kappa shape index (κ1) is 16.0. The highest BCUT2D eigenvalue weighted by molar-refractivity contribution is 7.18. The highest BCUT2D eigenvalue weighted by atomic mass is 32.1. The van der Waals surface area contributed by atoms with Gasteiger partial charge in [-0.25, -0.2) is 4.98 Å². The molecule has 0 radical (unpaired) electrons. The number of aromatic nitrogens is 1. The average Bonchev–Trinajstić information content (AvgIpc) is 2.84. The summed E-state index contributed by atoms with van der Waals surface area (Å²) in [6.07, 6.45) is 2.94. The fraction of sp³-hybridized carbons (Fsp3) is 0.714. The van der Waals surface area contributed by atoms with Crippen LogP contribution in [0.15, 0.2) is 0 Å². The van der Waals surface area contributed by atoms with Crippen molar-refractivity contribution in [2.45, 2.75) is 33.1 Å². The van der Waals surface area contributed by atoms with Crippen molar-refractivity contribution in [2.24, 2.45) is 5.41 Å². The molecule has 2 heterocycles. The largest absolute Gasteiger partial charge is 0.382 e. The molecule has 0 saturated carbocycles. The molecule has 0 aromatic carbocycles. The molecule has 6 nitrogen and oxygen atoms in total. The van der Waals surface area contributed by atoms with Crippen LogP contribution in [0, 0.1) is 5.41 Å². The molecule has 2 rings (SSSR count). The molecule has 1 fully saturated rings. The highest BCUT2D eigenvalue weighted by Crippen LogP contribution is 2.29. The van der Waals surface area contributed by atoms with Gasteiger partial charge in [0, 0.05) is 26.3 Å². The van der Waals surface area contributed by atoms with Gasteiger partial charge in [-0.05, 0) is 24.7 Å². The predicted octanol–water partition coefficient (Wildman–Crippen LogP) is 2.09. The molecule has 21 heavy (non-hydrogen) atoms. The van der Waals surface area contributed by atoms with E-state index in [1.54, 1.807) is 0 Å². The van der Waals surface area contributed by atoms with E-state index in [2.05, 4.69) is 29.5 Å². The van der Waals surface area contributed by atoms with E-state index in [4.69, 9.17) is 10.5 Å². The molecular weight excluding hydrogens is 288 g/mol. The molecule has 1 aliphatic heterocycles. The number of hydrogen-bond acceptors (Lipinski definition) is 6. The van der Waals surface area contributed by atoms with Gasteiger partial charge in [0.15, 0.2) is 5.13 Å². The van der Waals surface area contributed by atoms with Gasteiger partial charge in [0.1, 0.15) is 10.7 Å². The van der Waals surface area contributed by atoms with Gasteiger partial charge in [-0.3, -0.25) is 4.79 Å². The third-order valence-electron chi connectivity index (χ3n) is 3.76. The lowest BCUT2D eigenvalue weighted by atomic mass is 9.82. The number of hydrogen-bond donors (Lipinski definition) is 3. The second kappa shape index (κ2) is 7.09. The maximum atomic E-state index is 12.3. The quantitative estimate of drug-likeness (QED) is 0.748. The zero-order valence-corrected chi connectivity index (χ0v) is 13.5. The Morgan fingerprint density at radius 3 is 2.86 bits per heavy atom. The van der Waals surface area contributed by atoms with Crippen LogP contribution >= 0.6 is 11.3 Å². The summed E-state index contributed by atoms with van der Waals surface area (Å²) >= 11 is 1.31. The summed E-state index contributed by atoms with van der Waals surface area (Å²) in [5, 5.41) is 6.85. The Balaban J connectivity index is 1.92. The molecule has 0 atom stereocenters. The monoisotopic (exact) mass is 312 g/mol. The molecule has 0 unspecified atom stereocenters. The van der Waals surface area contributed by atoms with E-state index in [0.717, 1.165) is 39.0 Å². The average molecular weight is 312 g/mol. The van der Waals surface area contributed by atoms with Crippen LogP contribution in [0.1, 0.15) is 42.8 Å². The summed E-state index contributed by atoms with van der Waals surface area (Å²) in [6.45, 7) is 7.25. The molecular formula is C14H24N4O2S. The summed E-state index contributed by atoms with van der Waals surface area (Å²) in [5.74, 6) is 0.162. The van der Waals surface area contributed by atoms with Crippen molar-refractivity contribution >= 4 is 28.2 Å². The second-order valence-corrected chi connectivity index (χ2v) is 6.76. The van der Waals surface area contributed by atoms with Crippen molar-refractivity contribution < 1.29 is 9.53 Å². The first-order valence-corrected chi connectivity index (χ1v) is 8.22. The van der Waals surface area contributed by atoms with Crippen molar-refractivity contribution in [3.05, 3.63) is 4.88 Å². The second-order valence-electron chi connectivity index (χ2n) is 5.77. The summed E-state index contributed by atoms with van der Waals surface area (Å²) in [6, 6.07) is 0. The lowest BCUT2D eigenvalue weighted by Crippen LogP contribution is -2.39. The predicted molar refractivity (Wildman–Crippen MR) is 85.8 cm³/mol. The number of thiazole rings is 1. The van der Waals surface area contributed by atoms with Crippen molar-refractivity contribution in [1.82, 2.24) is 10.3 Å². The minimum Gasteiger partial charge on any atom is -0.382 e. The van der Waals surface area contributed by atoms with Crippen LogP contribution in [-0.4, -0.2) is 37.2 Å². The van der Waals surface area contributed by atoms with E-state index in [1.165, 1.54) is 11.3 Å². The number of carbonyl (C=O) groups excluding carboxylic acids is 1. The van der Waals surface area contributed by atoms with Crippen LogP contribution in [0.4, 0.5) is 10.9 Å². The normalized spacial score (nSPS) is 17.4. The summed E-state index contributed by atoms with van der Waals surface area (Å²) < 4.78 is 5.37. The fourth-order valence-electron chi connectivity index (χ4n) is 2.22. The van der Waals surface area contributed by atoms with Gasteiger partial charge < -0.3 is 21.1 Å². The molecule has 1 amide bonds. The van der Waals surface area contributed by atoms with Crippen molar-refractivity contribution in [1.29, 1.82) is 0 Å². The topological polar surface area (TPSA) is 89.3 Å². The fourth-order valence-corrected chi connectivity index (χ4v) is 3.04. The lowest BCUT2D eigenvalue weighted by Gasteiger charge is -2.33. The van der Waals surface area contributed by atoms with Gasteiger partial charge in [-0.15, -0.1) is 0 Å². The van der Waals surface area contributed by atoms with Crippen LogP contribution in [0.25, 0.3) is 0 Å². The maximum Gasteiger partial charge on any atom is 0.265 e. The van der Waals surface area contributed by atoms with Crippen LogP contribution in [0.3, 0.4) is 0 Å². The molecule has 1 aromatic heterocycles. The SMILES string of the molecule is CCCNc1nc(N)c(C(=O)NCC2(C)CCOCC2)s1. The Kier molecular flexibility index (Phi) is 5.41. The third kappa shape index (κ3) is 4.31. The number of nitrogen functional groups attached to an aromatic ring is 1. The number of nitrogens with two attached hydrogens (primary N) is 1. The Morgan fingerprint density at radius 1 is 1.48 bits per heavy atom. The van der Waals surface area contributed by atoms with Crippen molar-refractivity contribution in [3.63, 3.8) is 0 Å². The molecule has 1 aliphatic rings.